The number of nitrogens with zero attached hydrogens (tertiary/aromatic N) is 2. The maximum absolute atomic E-state index is 12.6. The highest BCUT2D eigenvalue weighted by Crippen LogP contribution is 2.30. The zero-order valence-corrected chi connectivity index (χ0v) is 18.5. The molecule has 1 spiro atoms. The van der Waals surface area contributed by atoms with Gasteiger partial charge in [0.2, 0.25) is 0 Å². The van der Waals surface area contributed by atoms with Crippen LogP contribution in [0.5, 0.6) is 0 Å². The molecule has 2 aromatic carbocycles. The smallest absolute Gasteiger partial charge is 0.320 e. The molecule has 4 rings (SSSR count). The third kappa shape index (κ3) is 6.16. The number of hydrogen-bond acceptors (Lipinski definition) is 5. The van der Waals surface area contributed by atoms with Crippen LogP contribution in [0.25, 0.3) is 0 Å². The second kappa shape index (κ2) is 10.9. The van der Waals surface area contributed by atoms with E-state index in [0.29, 0.717) is 13.2 Å². The Labute approximate surface area is 186 Å². The lowest BCUT2D eigenvalue weighted by molar-refractivity contribution is -0.149. The molecule has 0 amide bonds. The second-order valence-corrected chi connectivity index (χ2v) is 8.90. The molecule has 2 aliphatic heterocycles. The van der Waals surface area contributed by atoms with Gasteiger partial charge < -0.3 is 15.0 Å². The van der Waals surface area contributed by atoms with Crippen LogP contribution < -0.4 is 5.32 Å². The molecule has 31 heavy (non-hydrogen) atoms. The van der Waals surface area contributed by atoms with Crippen molar-refractivity contribution in [1.82, 2.24) is 15.1 Å². The number of carbonyl (C=O) groups is 1. The molecule has 0 atom stereocenters. The average Bonchev–Trinajstić information content (AvgIpc) is 2.82. The number of nitrogens with one attached hydrogen (secondary N) is 1. The lowest BCUT2D eigenvalue weighted by atomic mass is 9.84. The van der Waals surface area contributed by atoms with Crippen molar-refractivity contribution in [2.24, 2.45) is 0 Å². The molecular formula is C26H35N3O2. The number of benzene rings is 2. The SMILES string of the molecule is O=C(CN1CCNCC12CCN(CCCc1ccccc1)CC2)OCc1ccccc1. The van der Waals surface area contributed by atoms with Crippen LogP contribution in [-0.2, 0) is 22.6 Å². The topological polar surface area (TPSA) is 44.8 Å². The van der Waals surface area contributed by atoms with Crippen molar-refractivity contribution in [2.45, 2.75) is 37.8 Å². The van der Waals surface area contributed by atoms with Gasteiger partial charge in [0.05, 0.1) is 6.54 Å². The molecule has 0 aromatic heterocycles. The van der Waals surface area contributed by atoms with E-state index in [1.807, 2.05) is 30.3 Å². The average molecular weight is 422 g/mol. The zero-order chi connectivity index (χ0) is 21.4. The molecule has 0 bridgehead atoms. The van der Waals surface area contributed by atoms with Crippen LogP contribution in [-0.4, -0.2) is 67.1 Å². The van der Waals surface area contributed by atoms with Gasteiger partial charge in [-0.2, -0.15) is 0 Å². The molecule has 2 fully saturated rings. The van der Waals surface area contributed by atoms with Gasteiger partial charge in [0, 0.05) is 25.2 Å². The second-order valence-electron chi connectivity index (χ2n) is 8.90. The number of rotatable bonds is 8. The van der Waals surface area contributed by atoms with E-state index in [1.54, 1.807) is 0 Å². The maximum Gasteiger partial charge on any atom is 0.320 e. The Kier molecular flexibility index (Phi) is 7.73. The minimum atomic E-state index is -0.115. The molecule has 2 heterocycles. The van der Waals surface area contributed by atoms with Crippen molar-refractivity contribution < 1.29 is 9.53 Å². The minimum Gasteiger partial charge on any atom is -0.460 e. The first-order valence-electron chi connectivity index (χ1n) is 11.7. The number of carbonyl (C=O) groups excluding carboxylic acids is 1. The van der Waals surface area contributed by atoms with Gasteiger partial charge in [-0.1, -0.05) is 60.7 Å². The maximum atomic E-state index is 12.6. The minimum absolute atomic E-state index is 0.0833. The fourth-order valence-electron chi connectivity index (χ4n) is 4.91. The van der Waals surface area contributed by atoms with Gasteiger partial charge in [-0.25, -0.2) is 0 Å². The van der Waals surface area contributed by atoms with E-state index in [4.69, 9.17) is 4.74 Å². The van der Waals surface area contributed by atoms with E-state index in [2.05, 4.69) is 45.4 Å². The molecule has 5 heteroatoms. The van der Waals surface area contributed by atoms with Gasteiger partial charge in [-0.15, -0.1) is 0 Å². The van der Waals surface area contributed by atoms with E-state index in [0.717, 1.165) is 64.1 Å². The van der Waals surface area contributed by atoms with Crippen LogP contribution in [0.15, 0.2) is 60.7 Å². The summed E-state index contributed by atoms with van der Waals surface area (Å²) in [6, 6.07) is 20.7. The lowest BCUT2D eigenvalue weighted by Crippen LogP contribution is -2.65. The van der Waals surface area contributed by atoms with Crippen molar-refractivity contribution in [3.05, 3.63) is 71.8 Å². The van der Waals surface area contributed by atoms with Crippen LogP contribution in [0.1, 0.15) is 30.4 Å². The van der Waals surface area contributed by atoms with E-state index >= 15 is 0 Å². The highest BCUT2D eigenvalue weighted by molar-refractivity contribution is 5.71. The third-order valence-electron chi connectivity index (χ3n) is 6.82. The van der Waals surface area contributed by atoms with Crippen LogP contribution in [0.2, 0.25) is 0 Å². The summed E-state index contributed by atoms with van der Waals surface area (Å²) in [6.07, 6.45) is 4.56. The fraction of sp³-hybridized carbons (Fsp3) is 0.500. The van der Waals surface area contributed by atoms with E-state index in [1.165, 1.54) is 12.0 Å². The molecule has 1 N–H and O–H groups in total. The summed E-state index contributed by atoms with van der Waals surface area (Å²) in [6.45, 7) is 6.92. The molecule has 0 saturated carbocycles. The van der Waals surface area contributed by atoms with Gasteiger partial charge in [-0.05, 0) is 56.4 Å². The zero-order valence-electron chi connectivity index (χ0n) is 18.5. The van der Waals surface area contributed by atoms with Crippen molar-refractivity contribution in [2.75, 3.05) is 45.8 Å². The molecule has 2 aromatic rings. The predicted octanol–water partition coefficient (Wildman–Crippen LogP) is 3.10. The fourth-order valence-corrected chi connectivity index (χ4v) is 4.91. The van der Waals surface area contributed by atoms with Crippen molar-refractivity contribution >= 4 is 5.97 Å². The molecular weight excluding hydrogens is 386 g/mol. The Bertz CT molecular complexity index is 804. The first-order valence-corrected chi connectivity index (χ1v) is 11.7. The molecule has 0 aliphatic carbocycles. The molecule has 166 valence electrons. The number of esters is 1. The Morgan fingerprint density at radius 1 is 0.935 bits per heavy atom. The van der Waals surface area contributed by atoms with Crippen LogP contribution in [0.3, 0.4) is 0 Å². The molecule has 2 aliphatic rings. The third-order valence-corrected chi connectivity index (χ3v) is 6.82. The summed E-state index contributed by atoms with van der Waals surface area (Å²) < 4.78 is 5.57. The highest BCUT2D eigenvalue weighted by atomic mass is 16.5. The summed E-state index contributed by atoms with van der Waals surface area (Å²) in [5.74, 6) is -0.115. The Morgan fingerprint density at radius 2 is 1.61 bits per heavy atom. The number of likely N-dealkylation sites (tertiary alicyclic amines) is 1. The summed E-state index contributed by atoms with van der Waals surface area (Å²) in [4.78, 5) is 17.5. The van der Waals surface area contributed by atoms with Crippen LogP contribution in [0, 0.1) is 0 Å². The molecule has 2 saturated heterocycles. The quantitative estimate of drug-likeness (QED) is 0.664. The standard InChI is InChI=1S/C26H35N3O2/c30-25(31-21-24-10-5-2-6-11-24)20-29-19-15-27-22-26(29)13-17-28(18-14-26)16-7-12-23-8-3-1-4-9-23/h1-6,8-11,27H,7,12-22H2. The molecule has 0 unspecified atom stereocenters. The van der Waals surface area contributed by atoms with Crippen LogP contribution >= 0.6 is 0 Å². The number of piperazine rings is 1. The highest BCUT2D eigenvalue weighted by Gasteiger charge is 2.42. The van der Waals surface area contributed by atoms with Gasteiger partial charge >= 0.3 is 5.97 Å². The van der Waals surface area contributed by atoms with Crippen LogP contribution in [0.4, 0.5) is 0 Å². The van der Waals surface area contributed by atoms with Gasteiger partial charge in [-0.3, -0.25) is 9.69 Å². The van der Waals surface area contributed by atoms with E-state index < -0.39 is 0 Å². The van der Waals surface area contributed by atoms with Gasteiger partial charge in [0.1, 0.15) is 6.61 Å². The monoisotopic (exact) mass is 421 g/mol. The van der Waals surface area contributed by atoms with E-state index in [-0.39, 0.29) is 11.5 Å². The summed E-state index contributed by atoms with van der Waals surface area (Å²) in [5.41, 5.74) is 2.54. The Balaban J connectivity index is 1.23. The first-order chi connectivity index (χ1) is 15.2. The first kappa shape index (κ1) is 22.0. The van der Waals surface area contributed by atoms with Gasteiger partial charge in [0.15, 0.2) is 0 Å². The normalized spacial score (nSPS) is 19.4. The number of hydrogen-bond donors (Lipinski definition) is 1. The summed E-state index contributed by atoms with van der Waals surface area (Å²) in [7, 11) is 0. The van der Waals surface area contributed by atoms with Crippen molar-refractivity contribution in [1.29, 1.82) is 0 Å². The molecule has 0 radical (unpaired) electrons. The number of aryl methyl sites for hydroxylation is 1. The van der Waals surface area contributed by atoms with E-state index in [9.17, 15) is 4.79 Å². The Morgan fingerprint density at radius 3 is 2.32 bits per heavy atom. The summed E-state index contributed by atoms with van der Waals surface area (Å²) >= 11 is 0. The Hall–Kier alpha value is -2.21. The van der Waals surface area contributed by atoms with Gasteiger partial charge in [0.25, 0.3) is 0 Å². The largest absolute Gasteiger partial charge is 0.460 e. The van der Waals surface area contributed by atoms with Crippen molar-refractivity contribution in [3.8, 4) is 0 Å². The summed E-state index contributed by atoms with van der Waals surface area (Å²) in [5, 5.41) is 3.57. The number of ether oxygens (including phenoxy) is 1. The lowest BCUT2D eigenvalue weighted by Gasteiger charge is -2.51. The molecule has 5 nitrogen and oxygen atoms in total. The predicted molar refractivity (Wildman–Crippen MR) is 124 cm³/mol. The number of piperidine rings is 1. The van der Waals surface area contributed by atoms with Crippen molar-refractivity contribution in [3.63, 3.8) is 0 Å².